The Kier molecular flexibility index (Phi) is 4.21. The first-order valence-corrected chi connectivity index (χ1v) is 7.59. The lowest BCUT2D eigenvalue weighted by atomic mass is 9.92. The number of rotatable bonds is 4. The van der Waals surface area contributed by atoms with Crippen LogP contribution in [-0.4, -0.2) is 11.8 Å². The van der Waals surface area contributed by atoms with E-state index in [1.807, 2.05) is 6.07 Å². The normalized spacial score (nSPS) is 13.8. The summed E-state index contributed by atoms with van der Waals surface area (Å²) >= 11 is 1.78. The van der Waals surface area contributed by atoms with Gasteiger partial charge in [0.2, 0.25) is 0 Å². The van der Waals surface area contributed by atoms with Gasteiger partial charge < -0.3 is 5.21 Å². The number of benzene rings is 2. The van der Waals surface area contributed by atoms with Crippen LogP contribution < -0.4 is 5.48 Å². The second kappa shape index (κ2) is 6.27. The molecule has 2 N–H and O–H groups in total. The van der Waals surface area contributed by atoms with Gasteiger partial charge in [0.1, 0.15) is 0 Å². The molecule has 3 rings (SSSR count). The molecule has 102 valence electrons. The minimum atomic E-state index is 0.551. The minimum absolute atomic E-state index is 0.551. The highest BCUT2D eigenvalue weighted by Crippen LogP contribution is 2.32. The van der Waals surface area contributed by atoms with Crippen molar-refractivity contribution in [3.63, 3.8) is 0 Å². The van der Waals surface area contributed by atoms with Gasteiger partial charge in [-0.15, -0.1) is 0 Å². The van der Waals surface area contributed by atoms with Crippen LogP contribution in [0.1, 0.15) is 17.5 Å². The molecule has 0 saturated carbocycles. The van der Waals surface area contributed by atoms with Gasteiger partial charge >= 0.3 is 0 Å². The van der Waals surface area contributed by atoms with E-state index in [0.717, 1.165) is 12.8 Å². The van der Waals surface area contributed by atoms with Gasteiger partial charge in [0, 0.05) is 16.3 Å². The van der Waals surface area contributed by atoms with E-state index in [-0.39, 0.29) is 0 Å². The summed E-state index contributed by atoms with van der Waals surface area (Å²) in [5, 5.41) is 8.82. The first kappa shape index (κ1) is 13.4. The van der Waals surface area contributed by atoms with Crippen LogP contribution in [0.25, 0.3) is 6.08 Å². The van der Waals surface area contributed by atoms with Crippen LogP contribution in [0, 0.1) is 0 Å². The van der Waals surface area contributed by atoms with E-state index in [0.29, 0.717) is 6.54 Å². The van der Waals surface area contributed by atoms with Crippen LogP contribution in [0.4, 0.5) is 0 Å². The Morgan fingerprint density at radius 3 is 2.65 bits per heavy atom. The molecule has 0 unspecified atom stereocenters. The third-order valence-corrected chi connectivity index (χ3v) is 4.47. The maximum absolute atomic E-state index is 8.82. The van der Waals surface area contributed by atoms with Crippen LogP contribution in [0.3, 0.4) is 0 Å². The van der Waals surface area contributed by atoms with E-state index in [4.69, 9.17) is 5.21 Å². The lowest BCUT2D eigenvalue weighted by molar-refractivity contribution is 0.176. The highest BCUT2D eigenvalue weighted by atomic mass is 32.2. The van der Waals surface area contributed by atoms with E-state index in [2.05, 4.69) is 54.0 Å². The standard InChI is InChI=1S/C17H17NOS/c19-18-12-13-6-7-14-8-9-17(11-15(14)10-13)20-16-4-2-1-3-5-16/h1-5,8-11,18-19H,6-7,12H2. The summed E-state index contributed by atoms with van der Waals surface area (Å²) in [6.07, 6.45) is 4.27. The van der Waals surface area contributed by atoms with Gasteiger partial charge in [-0.1, -0.05) is 47.7 Å². The zero-order chi connectivity index (χ0) is 13.8. The van der Waals surface area contributed by atoms with Crippen molar-refractivity contribution in [2.45, 2.75) is 22.6 Å². The van der Waals surface area contributed by atoms with Crippen molar-refractivity contribution in [3.8, 4) is 0 Å². The number of hydroxylamine groups is 1. The molecule has 0 heterocycles. The van der Waals surface area contributed by atoms with Crippen molar-refractivity contribution in [3.05, 3.63) is 65.2 Å². The summed E-state index contributed by atoms with van der Waals surface area (Å²) in [7, 11) is 0. The van der Waals surface area contributed by atoms with Crippen molar-refractivity contribution in [2.24, 2.45) is 0 Å². The average Bonchev–Trinajstić information content (AvgIpc) is 2.48. The van der Waals surface area contributed by atoms with E-state index < -0.39 is 0 Å². The Balaban J connectivity index is 1.84. The molecule has 2 nitrogen and oxygen atoms in total. The predicted molar refractivity (Wildman–Crippen MR) is 83.1 cm³/mol. The lowest BCUT2D eigenvalue weighted by Crippen LogP contribution is -2.13. The third kappa shape index (κ3) is 3.12. The second-order valence-corrected chi connectivity index (χ2v) is 6.06. The molecule has 2 aromatic rings. The fraction of sp³-hybridized carbons (Fsp3) is 0.176. The first-order chi connectivity index (χ1) is 9.85. The van der Waals surface area contributed by atoms with Crippen molar-refractivity contribution in [1.29, 1.82) is 0 Å². The van der Waals surface area contributed by atoms with E-state index in [1.54, 1.807) is 11.8 Å². The molecule has 0 bridgehead atoms. The minimum Gasteiger partial charge on any atom is -0.317 e. The molecule has 0 aliphatic heterocycles. The van der Waals surface area contributed by atoms with Crippen molar-refractivity contribution < 1.29 is 5.21 Å². The Morgan fingerprint density at radius 1 is 1.00 bits per heavy atom. The topological polar surface area (TPSA) is 32.3 Å². The summed E-state index contributed by atoms with van der Waals surface area (Å²) in [5.41, 5.74) is 6.17. The molecule has 0 fully saturated rings. The molecule has 0 spiro atoms. The molecule has 2 aromatic carbocycles. The first-order valence-electron chi connectivity index (χ1n) is 6.77. The summed E-state index contributed by atoms with van der Waals surface area (Å²) in [5.74, 6) is 0. The summed E-state index contributed by atoms with van der Waals surface area (Å²) < 4.78 is 0. The number of nitrogens with one attached hydrogen (secondary N) is 1. The summed E-state index contributed by atoms with van der Waals surface area (Å²) in [6.45, 7) is 0.551. The van der Waals surface area contributed by atoms with E-state index >= 15 is 0 Å². The van der Waals surface area contributed by atoms with Gasteiger partial charge in [-0.3, -0.25) is 0 Å². The number of aryl methyl sites for hydroxylation is 1. The lowest BCUT2D eigenvalue weighted by Gasteiger charge is -2.17. The Labute approximate surface area is 123 Å². The van der Waals surface area contributed by atoms with Gasteiger partial charge in [0.05, 0.1) is 0 Å². The molecule has 1 aliphatic carbocycles. The maximum atomic E-state index is 8.82. The van der Waals surface area contributed by atoms with Crippen LogP contribution in [0.5, 0.6) is 0 Å². The summed E-state index contributed by atoms with van der Waals surface area (Å²) in [4.78, 5) is 2.51. The average molecular weight is 283 g/mol. The molecule has 0 radical (unpaired) electrons. The molecule has 0 aromatic heterocycles. The smallest absolute Gasteiger partial charge is 0.0421 e. The predicted octanol–water partition coefficient (Wildman–Crippen LogP) is 4.15. The molecule has 1 aliphatic rings. The highest BCUT2D eigenvalue weighted by Gasteiger charge is 2.11. The Hall–Kier alpha value is -1.55. The monoisotopic (exact) mass is 283 g/mol. The number of fused-ring (bicyclic) bond motifs is 1. The van der Waals surface area contributed by atoms with Gasteiger partial charge in [-0.25, -0.2) is 5.48 Å². The largest absolute Gasteiger partial charge is 0.317 e. The Bertz CT molecular complexity index is 622. The molecular weight excluding hydrogens is 266 g/mol. The highest BCUT2D eigenvalue weighted by molar-refractivity contribution is 7.99. The van der Waals surface area contributed by atoms with E-state index in [9.17, 15) is 0 Å². The van der Waals surface area contributed by atoms with Gasteiger partial charge in [-0.05, 0) is 48.2 Å². The van der Waals surface area contributed by atoms with Crippen LogP contribution in [0.2, 0.25) is 0 Å². The zero-order valence-corrected chi connectivity index (χ0v) is 12.0. The second-order valence-electron chi connectivity index (χ2n) is 4.91. The molecular formula is C17H17NOS. The van der Waals surface area contributed by atoms with E-state index in [1.165, 1.54) is 26.5 Å². The Morgan fingerprint density at radius 2 is 1.85 bits per heavy atom. The quantitative estimate of drug-likeness (QED) is 0.827. The third-order valence-electron chi connectivity index (χ3n) is 3.48. The van der Waals surface area contributed by atoms with Crippen LogP contribution in [0.15, 0.2) is 63.9 Å². The fourth-order valence-electron chi connectivity index (χ4n) is 2.45. The molecule has 0 saturated heterocycles. The SMILES string of the molecule is ONCC1=Cc2cc(Sc3ccccc3)ccc2CC1. The molecule has 20 heavy (non-hydrogen) atoms. The number of hydrogen-bond donors (Lipinski definition) is 2. The molecule has 0 amide bonds. The molecule has 0 atom stereocenters. The van der Waals surface area contributed by atoms with Crippen molar-refractivity contribution in [1.82, 2.24) is 5.48 Å². The van der Waals surface area contributed by atoms with Crippen molar-refractivity contribution in [2.75, 3.05) is 6.54 Å². The zero-order valence-electron chi connectivity index (χ0n) is 11.2. The van der Waals surface area contributed by atoms with Gasteiger partial charge in [0.25, 0.3) is 0 Å². The maximum Gasteiger partial charge on any atom is 0.0421 e. The molecule has 3 heteroatoms. The summed E-state index contributed by atoms with van der Waals surface area (Å²) in [6, 6.07) is 17.1. The van der Waals surface area contributed by atoms with Crippen molar-refractivity contribution >= 4 is 17.8 Å². The number of hydrogen-bond acceptors (Lipinski definition) is 3. The fourth-order valence-corrected chi connectivity index (χ4v) is 3.34. The van der Waals surface area contributed by atoms with Gasteiger partial charge in [-0.2, -0.15) is 0 Å². The van der Waals surface area contributed by atoms with Crippen LogP contribution in [-0.2, 0) is 6.42 Å². The van der Waals surface area contributed by atoms with Crippen LogP contribution >= 0.6 is 11.8 Å². The van der Waals surface area contributed by atoms with Gasteiger partial charge in [0.15, 0.2) is 0 Å².